The van der Waals surface area contributed by atoms with Crippen LogP contribution in [0.1, 0.15) is 23.0 Å². The lowest BCUT2D eigenvalue weighted by atomic mass is 10.1. The van der Waals surface area contributed by atoms with Gasteiger partial charge in [-0.05, 0) is 55.5 Å². The second kappa shape index (κ2) is 7.69. The van der Waals surface area contributed by atoms with Gasteiger partial charge in [0.1, 0.15) is 11.5 Å². The number of aromatic hydroxyl groups is 1. The summed E-state index contributed by atoms with van der Waals surface area (Å²) < 4.78 is 18.0. The Hall–Kier alpha value is -3.68. The van der Waals surface area contributed by atoms with Crippen LogP contribution in [0.3, 0.4) is 0 Å². The predicted octanol–water partition coefficient (Wildman–Crippen LogP) is 3.08. The Bertz CT molecular complexity index is 996. The molecule has 1 amide bonds. The van der Waals surface area contributed by atoms with Crippen LogP contribution in [0.25, 0.3) is 11.3 Å². The Kier molecular flexibility index (Phi) is 5.16. The number of carbonyl (C=O) groups excluding carboxylic acids is 1. The number of aromatic nitrogens is 2. The van der Waals surface area contributed by atoms with Gasteiger partial charge in [0.05, 0.1) is 18.5 Å². The maximum atomic E-state index is 13.0. The molecule has 0 aliphatic carbocycles. The number of hydrazone groups is 1. The summed E-state index contributed by atoms with van der Waals surface area (Å²) in [6.45, 7) is 1.71. The first-order valence-corrected chi connectivity index (χ1v) is 8.01. The molecule has 0 saturated heterocycles. The number of nitrogens with one attached hydrogen (secondary N) is 2. The summed E-state index contributed by atoms with van der Waals surface area (Å²) in [5, 5.41) is 20.4. The Labute approximate surface area is 154 Å². The van der Waals surface area contributed by atoms with Crippen molar-refractivity contribution >= 4 is 11.6 Å². The molecule has 0 aliphatic heterocycles. The SMILES string of the molecule is COc1cc(C(C)=NNC(=O)c2cc(-c3ccc(F)cc3)n[nH]2)ccc1O. The molecule has 0 unspecified atom stereocenters. The molecule has 1 heterocycles. The van der Waals surface area contributed by atoms with E-state index in [2.05, 4.69) is 20.7 Å². The van der Waals surface area contributed by atoms with E-state index < -0.39 is 5.91 Å². The van der Waals surface area contributed by atoms with Crippen molar-refractivity contribution in [3.8, 4) is 22.8 Å². The zero-order chi connectivity index (χ0) is 19.4. The summed E-state index contributed by atoms with van der Waals surface area (Å²) in [5.74, 6) is -0.487. The van der Waals surface area contributed by atoms with Gasteiger partial charge < -0.3 is 9.84 Å². The molecule has 0 spiro atoms. The number of H-pyrrole nitrogens is 1. The van der Waals surface area contributed by atoms with Crippen molar-refractivity contribution in [1.82, 2.24) is 15.6 Å². The van der Waals surface area contributed by atoms with E-state index in [1.165, 1.54) is 25.3 Å². The zero-order valence-electron chi connectivity index (χ0n) is 14.7. The zero-order valence-corrected chi connectivity index (χ0v) is 14.7. The molecule has 7 nitrogen and oxygen atoms in total. The number of rotatable bonds is 5. The van der Waals surface area contributed by atoms with Crippen LogP contribution in [-0.2, 0) is 0 Å². The molecule has 3 rings (SSSR count). The Morgan fingerprint density at radius 3 is 2.67 bits per heavy atom. The monoisotopic (exact) mass is 368 g/mol. The first-order chi connectivity index (χ1) is 13.0. The number of benzene rings is 2. The van der Waals surface area contributed by atoms with Gasteiger partial charge in [0.15, 0.2) is 11.5 Å². The van der Waals surface area contributed by atoms with Gasteiger partial charge in [-0.15, -0.1) is 0 Å². The third-order valence-corrected chi connectivity index (χ3v) is 3.89. The summed E-state index contributed by atoms with van der Waals surface area (Å²) in [6, 6.07) is 12.1. The molecule has 8 heteroatoms. The normalized spacial score (nSPS) is 11.3. The van der Waals surface area contributed by atoms with Gasteiger partial charge in [0.25, 0.3) is 5.91 Å². The quantitative estimate of drug-likeness (QED) is 0.476. The highest BCUT2D eigenvalue weighted by atomic mass is 19.1. The first kappa shape index (κ1) is 18.1. The molecule has 0 aliphatic rings. The highest BCUT2D eigenvalue weighted by Gasteiger charge is 2.11. The fraction of sp³-hybridized carbons (Fsp3) is 0.105. The van der Waals surface area contributed by atoms with Gasteiger partial charge in [0.2, 0.25) is 0 Å². The molecular formula is C19H17FN4O3. The molecule has 1 aromatic heterocycles. The van der Waals surface area contributed by atoms with Crippen molar-refractivity contribution in [2.24, 2.45) is 5.10 Å². The minimum absolute atomic E-state index is 0.0175. The number of phenols is 1. The van der Waals surface area contributed by atoms with Crippen LogP contribution in [0.2, 0.25) is 0 Å². The van der Waals surface area contributed by atoms with Crippen LogP contribution in [0.4, 0.5) is 4.39 Å². The minimum atomic E-state index is -0.471. The van der Waals surface area contributed by atoms with Crippen molar-refractivity contribution < 1.29 is 19.0 Å². The lowest BCUT2D eigenvalue weighted by Crippen LogP contribution is -2.19. The number of ether oxygens (including phenoxy) is 1. The van der Waals surface area contributed by atoms with Crippen LogP contribution in [0.5, 0.6) is 11.5 Å². The second-order valence-electron chi connectivity index (χ2n) is 5.70. The van der Waals surface area contributed by atoms with Crippen LogP contribution >= 0.6 is 0 Å². The van der Waals surface area contributed by atoms with Crippen molar-refractivity contribution in [1.29, 1.82) is 0 Å². The average molecular weight is 368 g/mol. The van der Waals surface area contributed by atoms with E-state index in [9.17, 15) is 14.3 Å². The number of methoxy groups -OCH3 is 1. The molecule has 0 radical (unpaired) electrons. The summed E-state index contributed by atoms with van der Waals surface area (Å²) in [5.41, 5.74) is 5.06. The van der Waals surface area contributed by atoms with Gasteiger partial charge in [0, 0.05) is 11.1 Å². The summed E-state index contributed by atoms with van der Waals surface area (Å²) >= 11 is 0. The number of halogens is 1. The van der Waals surface area contributed by atoms with Crippen molar-refractivity contribution in [3.63, 3.8) is 0 Å². The van der Waals surface area contributed by atoms with Gasteiger partial charge in [-0.25, -0.2) is 9.82 Å². The summed E-state index contributed by atoms with van der Waals surface area (Å²) in [6.07, 6.45) is 0. The predicted molar refractivity (Wildman–Crippen MR) is 98.3 cm³/mol. The Morgan fingerprint density at radius 2 is 1.96 bits per heavy atom. The van der Waals surface area contributed by atoms with Crippen molar-refractivity contribution in [2.45, 2.75) is 6.92 Å². The standard InChI is InChI=1S/C19H17FN4O3/c1-11(13-5-8-17(25)18(9-13)27-2)21-24-19(26)16-10-15(22-23-16)12-3-6-14(20)7-4-12/h3-10,25H,1-2H3,(H,22,23)(H,24,26). The van der Waals surface area contributed by atoms with Crippen molar-refractivity contribution in [3.05, 3.63) is 65.6 Å². The largest absolute Gasteiger partial charge is 0.504 e. The van der Waals surface area contributed by atoms with Crippen LogP contribution in [0, 0.1) is 5.82 Å². The molecule has 0 bridgehead atoms. The lowest BCUT2D eigenvalue weighted by Gasteiger charge is -2.06. The van der Waals surface area contributed by atoms with E-state index in [0.29, 0.717) is 28.3 Å². The molecular weight excluding hydrogens is 351 g/mol. The van der Waals surface area contributed by atoms with E-state index in [4.69, 9.17) is 4.74 Å². The highest BCUT2D eigenvalue weighted by molar-refractivity contribution is 6.01. The fourth-order valence-electron chi connectivity index (χ4n) is 2.37. The van der Waals surface area contributed by atoms with E-state index in [1.54, 1.807) is 37.3 Å². The van der Waals surface area contributed by atoms with Gasteiger partial charge in [-0.2, -0.15) is 10.2 Å². The fourth-order valence-corrected chi connectivity index (χ4v) is 2.37. The van der Waals surface area contributed by atoms with Crippen LogP contribution in [0.15, 0.2) is 53.6 Å². The number of aromatic amines is 1. The highest BCUT2D eigenvalue weighted by Crippen LogP contribution is 2.26. The number of carbonyl (C=O) groups is 1. The van der Waals surface area contributed by atoms with Gasteiger partial charge >= 0.3 is 0 Å². The van der Waals surface area contributed by atoms with Gasteiger partial charge in [-0.1, -0.05) is 0 Å². The molecule has 0 saturated carbocycles. The number of phenolic OH excluding ortho intramolecular Hbond substituents is 1. The Morgan fingerprint density at radius 1 is 1.22 bits per heavy atom. The molecule has 0 fully saturated rings. The van der Waals surface area contributed by atoms with E-state index in [-0.39, 0.29) is 17.3 Å². The topological polar surface area (TPSA) is 99.6 Å². The summed E-state index contributed by atoms with van der Waals surface area (Å²) in [7, 11) is 1.45. The lowest BCUT2D eigenvalue weighted by molar-refractivity contribution is 0.0950. The Balaban J connectivity index is 1.72. The number of hydrogen-bond donors (Lipinski definition) is 3. The molecule has 3 aromatic rings. The number of hydrogen-bond acceptors (Lipinski definition) is 5. The molecule has 138 valence electrons. The maximum Gasteiger partial charge on any atom is 0.289 e. The smallest absolute Gasteiger partial charge is 0.289 e. The minimum Gasteiger partial charge on any atom is -0.504 e. The molecule has 3 N–H and O–H groups in total. The van der Waals surface area contributed by atoms with E-state index in [1.807, 2.05) is 0 Å². The van der Waals surface area contributed by atoms with Crippen molar-refractivity contribution in [2.75, 3.05) is 7.11 Å². The molecule has 0 atom stereocenters. The molecule has 2 aromatic carbocycles. The van der Waals surface area contributed by atoms with E-state index >= 15 is 0 Å². The third kappa shape index (κ3) is 4.12. The average Bonchev–Trinajstić information content (AvgIpc) is 3.17. The second-order valence-corrected chi connectivity index (χ2v) is 5.70. The third-order valence-electron chi connectivity index (χ3n) is 3.89. The van der Waals surface area contributed by atoms with Crippen LogP contribution < -0.4 is 10.2 Å². The number of amides is 1. The maximum absolute atomic E-state index is 13.0. The van der Waals surface area contributed by atoms with Crippen LogP contribution in [-0.4, -0.2) is 34.0 Å². The number of nitrogens with zero attached hydrogens (tertiary/aromatic N) is 2. The summed E-state index contributed by atoms with van der Waals surface area (Å²) in [4.78, 5) is 12.2. The first-order valence-electron chi connectivity index (χ1n) is 8.01. The molecule has 27 heavy (non-hydrogen) atoms. The van der Waals surface area contributed by atoms with E-state index in [0.717, 1.165) is 0 Å². The van der Waals surface area contributed by atoms with Gasteiger partial charge in [-0.3, -0.25) is 9.89 Å².